The van der Waals surface area contributed by atoms with E-state index in [0.29, 0.717) is 17.1 Å². The van der Waals surface area contributed by atoms with Crippen LogP contribution >= 0.6 is 11.8 Å². The van der Waals surface area contributed by atoms with E-state index in [-0.39, 0.29) is 10.6 Å². The summed E-state index contributed by atoms with van der Waals surface area (Å²) in [6.07, 6.45) is 0. The van der Waals surface area contributed by atoms with Gasteiger partial charge < -0.3 is 5.32 Å². The molecule has 0 bridgehead atoms. The number of benzene rings is 2. The van der Waals surface area contributed by atoms with Gasteiger partial charge in [-0.1, -0.05) is 11.8 Å². The van der Waals surface area contributed by atoms with Gasteiger partial charge in [-0.2, -0.15) is 0 Å². The summed E-state index contributed by atoms with van der Waals surface area (Å²) in [5.74, 6) is -1.13. The molecule has 2 rings (SSSR count). The quantitative estimate of drug-likeness (QED) is 0.654. The first-order valence-electron chi connectivity index (χ1n) is 6.16. The van der Waals surface area contributed by atoms with Crippen LogP contribution in [0.4, 0.5) is 20.2 Å². The van der Waals surface area contributed by atoms with E-state index in [1.165, 1.54) is 12.1 Å². The van der Waals surface area contributed by atoms with Crippen molar-refractivity contribution in [3.05, 3.63) is 58.1 Å². The molecule has 110 valence electrons. The topological polar surface area (TPSA) is 55.2 Å². The number of nitrogens with zero attached hydrogens (tertiary/aromatic N) is 1. The molecule has 0 spiro atoms. The Morgan fingerprint density at radius 1 is 1.24 bits per heavy atom. The van der Waals surface area contributed by atoms with Crippen LogP contribution in [0.3, 0.4) is 0 Å². The molecule has 0 aliphatic rings. The third kappa shape index (κ3) is 3.91. The Hall–Kier alpha value is -2.15. The van der Waals surface area contributed by atoms with Crippen LogP contribution < -0.4 is 5.32 Å². The van der Waals surface area contributed by atoms with Gasteiger partial charge in [-0.05, 0) is 31.2 Å². The summed E-state index contributed by atoms with van der Waals surface area (Å²) in [6, 6.07) is 7.50. The highest BCUT2D eigenvalue weighted by atomic mass is 32.2. The highest BCUT2D eigenvalue weighted by molar-refractivity contribution is 7.99. The van der Waals surface area contributed by atoms with Crippen molar-refractivity contribution >= 4 is 23.1 Å². The van der Waals surface area contributed by atoms with Crippen molar-refractivity contribution < 1.29 is 13.7 Å². The molecule has 0 radical (unpaired) electrons. The second-order valence-corrected chi connectivity index (χ2v) is 5.30. The van der Waals surface area contributed by atoms with Crippen molar-refractivity contribution in [3.63, 3.8) is 0 Å². The highest BCUT2D eigenvalue weighted by Gasteiger charge is 2.12. The maximum Gasteiger partial charge on any atom is 0.272 e. The van der Waals surface area contributed by atoms with E-state index < -0.39 is 16.6 Å². The lowest BCUT2D eigenvalue weighted by atomic mass is 10.3. The van der Waals surface area contributed by atoms with Gasteiger partial charge in [-0.3, -0.25) is 10.1 Å². The number of hydrogen-bond acceptors (Lipinski definition) is 4. The fraction of sp³-hybridized carbons (Fsp3) is 0.143. The van der Waals surface area contributed by atoms with E-state index >= 15 is 0 Å². The van der Waals surface area contributed by atoms with Crippen LogP contribution in [0, 0.1) is 21.7 Å². The van der Waals surface area contributed by atoms with Crippen LogP contribution in [-0.4, -0.2) is 11.5 Å². The lowest BCUT2D eigenvalue weighted by Gasteiger charge is -2.07. The van der Waals surface area contributed by atoms with Crippen molar-refractivity contribution in [2.75, 3.05) is 11.9 Å². The minimum absolute atomic E-state index is 0.0814. The summed E-state index contributed by atoms with van der Waals surface area (Å²) in [5.41, 5.74) is 0.457. The van der Waals surface area contributed by atoms with Gasteiger partial charge >= 0.3 is 0 Å². The van der Waals surface area contributed by atoms with E-state index in [2.05, 4.69) is 5.32 Å². The number of halogens is 2. The number of hydrogen-bond donors (Lipinski definition) is 1. The smallest absolute Gasteiger partial charge is 0.272 e. The molecular formula is C14H12F2N2O2S. The van der Waals surface area contributed by atoms with E-state index in [0.717, 1.165) is 30.0 Å². The second-order valence-electron chi connectivity index (χ2n) is 4.18. The number of rotatable bonds is 5. The maximum atomic E-state index is 13.6. The van der Waals surface area contributed by atoms with Crippen LogP contribution in [0.5, 0.6) is 0 Å². The summed E-state index contributed by atoms with van der Waals surface area (Å²) in [4.78, 5) is 10.9. The van der Waals surface area contributed by atoms with E-state index in [1.54, 1.807) is 6.07 Å². The standard InChI is InChI=1S/C14H12F2N2O2S/c1-2-17-10-6-11(18(19)20)8-12(7-10)21-14-5-9(15)3-4-13(14)16/h3-8,17H,2H2,1H3. The summed E-state index contributed by atoms with van der Waals surface area (Å²) in [6.45, 7) is 2.46. The van der Waals surface area contributed by atoms with Crippen LogP contribution in [0.15, 0.2) is 46.2 Å². The zero-order valence-corrected chi connectivity index (χ0v) is 11.9. The number of nitro groups is 1. The molecular weight excluding hydrogens is 298 g/mol. The Balaban J connectivity index is 2.38. The molecule has 2 aromatic rings. The molecule has 0 saturated heterocycles. The molecule has 7 heteroatoms. The third-order valence-corrected chi connectivity index (χ3v) is 3.61. The average Bonchev–Trinajstić information content (AvgIpc) is 2.43. The molecule has 0 aliphatic carbocycles. The van der Waals surface area contributed by atoms with Crippen LogP contribution in [0.2, 0.25) is 0 Å². The second kappa shape index (κ2) is 6.53. The Morgan fingerprint density at radius 3 is 2.67 bits per heavy atom. The fourth-order valence-electron chi connectivity index (χ4n) is 1.74. The molecule has 4 nitrogen and oxygen atoms in total. The normalized spacial score (nSPS) is 10.4. The van der Waals surface area contributed by atoms with Gasteiger partial charge in [0.25, 0.3) is 5.69 Å². The number of nitrogens with one attached hydrogen (secondary N) is 1. The maximum absolute atomic E-state index is 13.6. The van der Waals surface area contributed by atoms with Crippen molar-refractivity contribution in [2.24, 2.45) is 0 Å². The minimum Gasteiger partial charge on any atom is -0.385 e. The molecule has 0 amide bonds. The number of non-ortho nitro benzene ring substituents is 1. The van der Waals surface area contributed by atoms with Gasteiger partial charge in [0.15, 0.2) is 0 Å². The minimum atomic E-state index is -0.571. The first-order chi connectivity index (χ1) is 9.99. The predicted molar refractivity (Wildman–Crippen MR) is 77.7 cm³/mol. The zero-order valence-electron chi connectivity index (χ0n) is 11.1. The molecule has 0 atom stereocenters. The first kappa shape index (κ1) is 15.2. The van der Waals surface area contributed by atoms with E-state index in [9.17, 15) is 18.9 Å². The van der Waals surface area contributed by atoms with Crippen LogP contribution in [0.1, 0.15) is 6.92 Å². The van der Waals surface area contributed by atoms with E-state index in [4.69, 9.17) is 0 Å². The fourth-order valence-corrected chi connectivity index (χ4v) is 2.69. The Morgan fingerprint density at radius 2 is 2.00 bits per heavy atom. The SMILES string of the molecule is CCNc1cc(Sc2cc(F)ccc2F)cc([N+](=O)[O-])c1. The summed E-state index contributed by atoms with van der Waals surface area (Å²) in [7, 11) is 0. The average molecular weight is 310 g/mol. The lowest BCUT2D eigenvalue weighted by molar-refractivity contribution is -0.385. The molecule has 0 aliphatic heterocycles. The third-order valence-electron chi connectivity index (χ3n) is 2.60. The first-order valence-corrected chi connectivity index (χ1v) is 6.97. The van der Waals surface area contributed by atoms with Gasteiger partial charge in [0, 0.05) is 29.3 Å². The summed E-state index contributed by atoms with van der Waals surface area (Å²) < 4.78 is 26.8. The zero-order chi connectivity index (χ0) is 15.4. The molecule has 2 aromatic carbocycles. The van der Waals surface area contributed by atoms with Crippen molar-refractivity contribution in [2.45, 2.75) is 16.7 Å². The van der Waals surface area contributed by atoms with Crippen molar-refractivity contribution in [1.29, 1.82) is 0 Å². The number of nitro benzene ring substituents is 1. The van der Waals surface area contributed by atoms with Crippen molar-refractivity contribution in [3.8, 4) is 0 Å². The van der Waals surface area contributed by atoms with Gasteiger partial charge in [-0.15, -0.1) is 0 Å². The van der Waals surface area contributed by atoms with Crippen molar-refractivity contribution in [1.82, 2.24) is 0 Å². The van der Waals surface area contributed by atoms with E-state index in [1.807, 2.05) is 6.92 Å². The van der Waals surface area contributed by atoms with Gasteiger partial charge in [0.05, 0.1) is 9.82 Å². The molecule has 0 unspecified atom stereocenters. The monoisotopic (exact) mass is 310 g/mol. The van der Waals surface area contributed by atoms with Gasteiger partial charge in [0.2, 0.25) is 0 Å². The summed E-state index contributed by atoms with van der Waals surface area (Å²) >= 11 is 0.941. The lowest BCUT2D eigenvalue weighted by Crippen LogP contribution is -1.98. The van der Waals surface area contributed by atoms with Gasteiger partial charge in [-0.25, -0.2) is 8.78 Å². The largest absolute Gasteiger partial charge is 0.385 e. The molecule has 1 N–H and O–H groups in total. The molecule has 0 fully saturated rings. The Bertz CT molecular complexity index is 680. The Labute approximate surface area is 124 Å². The summed E-state index contributed by atoms with van der Waals surface area (Å²) in [5, 5.41) is 13.9. The van der Waals surface area contributed by atoms with Crippen LogP contribution in [-0.2, 0) is 0 Å². The Kier molecular flexibility index (Phi) is 4.74. The predicted octanol–water partition coefficient (Wildman–Crippen LogP) is 4.46. The van der Waals surface area contributed by atoms with Crippen LogP contribution in [0.25, 0.3) is 0 Å². The van der Waals surface area contributed by atoms with Gasteiger partial charge in [0.1, 0.15) is 11.6 Å². The number of anilines is 1. The highest BCUT2D eigenvalue weighted by Crippen LogP contribution is 2.34. The molecule has 21 heavy (non-hydrogen) atoms. The molecule has 0 aromatic heterocycles. The molecule has 0 saturated carbocycles. The molecule has 0 heterocycles.